The van der Waals surface area contributed by atoms with Crippen molar-refractivity contribution in [1.82, 2.24) is 4.57 Å². The first-order valence-electron chi connectivity index (χ1n) is 13.1. The lowest BCUT2D eigenvalue weighted by Gasteiger charge is -2.23. The van der Waals surface area contributed by atoms with Crippen LogP contribution in [0.4, 0.5) is 0 Å². The standard InChI is InChI=1S/C33H26BrNO6/c1-38-33(37)30-31(39-19-27(22-8-4-2-5-9-22)23-10-6-3-7-11-23)26-17-24(34)13-14-25(26)32(36)35(30)18-21-12-15-28-29(16-21)41-20-40-28/h2-17,27H,18-20H2,1H3. The number of carbonyl (C=O) groups excluding carboxylic acids is 1. The van der Waals surface area contributed by atoms with Crippen molar-refractivity contribution >= 4 is 32.7 Å². The number of pyridine rings is 1. The van der Waals surface area contributed by atoms with Gasteiger partial charge in [0.05, 0.1) is 25.6 Å². The van der Waals surface area contributed by atoms with Crippen molar-refractivity contribution in [2.75, 3.05) is 20.5 Å². The van der Waals surface area contributed by atoms with Crippen molar-refractivity contribution in [3.05, 3.63) is 134 Å². The molecule has 4 aromatic carbocycles. The van der Waals surface area contributed by atoms with Crippen molar-refractivity contribution in [2.24, 2.45) is 0 Å². The molecule has 1 aliphatic rings. The third-order valence-corrected chi connectivity index (χ3v) is 7.63. The van der Waals surface area contributed by atoms with Crippen LogP contribution < -0.4 is 19.8 Å². The number of hydrogen-bond donors (Lipinski definition) is 0. The van der Waals surface area contributed by atoms with E-state index in [2.05, 4.69) is 40.2 Å². The average molecular weight is 612 g/mol. The molecule has 0 bridgehead atoms. The van der Waals surface area contributed by atoms with Gasteiger partial charge in [0.15, 0.2) is 22.9 Å². The first-order valence-corrected chi connectivity index (χ1v) is 13.9. The number of hydrogen-bond acceptors (Lipinski definition) is 6. The Morgan fingerprint density at radius 2 is 1.56 bits per heavy atom. The number of carbonyl (C=O) groups is 1. The zero-order chi connectivity index (χ0) is 28.3. The van der Waals surface area contributed by atoms with Gasteiger partial charge < -0.3 is 18.9 Å². The largest absolute Gasteiger partial charge is 0.489 e. The van der Waals surface area contributed by atoms with Gasteiger partial charge in [-0.15, -0.1) is 0 Å². The molecule has 1 aliphatic heterocycles. The molecule has 0 saturated heterocycles. The van der Waals surface area contributed by atoms with E-state index in [4.69, 9.17) is 18.9 Å². The second kappa shape index (κ2) is 11.5. The fourth-order valence-corrected chi connectivity index (χ4v) is 5.49. The Balaban J connectivity index is 1.50. The molecule has 206 valence electrons. The van der Waals surface area contributed by atoms with Gasteiger partial charge in [0.25, 0.3) is 5.56 Å². The van der Waals surface area contributed by atoms with Gasteiger partial charge in [0.2, 0.25) is 6.79 Å². The van der Waals surface area contributed by atoms with Gasteiger partial charge in [0, 0.05) is 15.8 Å². The van der Waals surface area contributed by atoms with E-state index in [1.54, 1.807) is 24.3 Å². The van der Waals surface area contributed by atoms with Gasteiger partial charge in [-0.2, -0.15) is 0 Å². The summed E-state index contributed by atoms with van der Waals surface area (Å²) in [5.74, 6) is 0.708. The summed E-state index contributed by atoms with van der Waals surface area (Å²) in [5.41, 5.74) is 2.60. The van der Waals surface area contributed by atoms with Crippen molar-refractivity contribution in [1.29, 1.82) is 0 Å². The summed E-state index contributed by atoms with van der Waals surface area (Å²) in [7, 11) is 1.29. The molecule has 0 amide bonds. The van der Waals surface area contributed by atoms with Crippen LogP contribution in [0.2, 0.25) is 0 Å². The first kappa shape index (κ1) is 26.7. The van der Waals surface area contributed by atoms with Gasteiger partial charge in [-0.25, -0.2) is 4.79 Å². The molecule has 0 N–H and O–H groups in total. The third-order valence-electron chi connectivity index (χ3n) is 7.14. The summed E-state index contributed by atoms with van der Waals surface area (Å²) in [6.07, 6.45) is 0. The number of esters is 1. The molecule has 0 aliphatic carbocycles. The number of aromatic nitrogens is 1. The molecule has 2 heterocycles. The Morgan fingerprint density at radius 3 is 2.24 bits per heavy atom. The number of nitrogens with zero attached hydrogens (tertiary/aromatic N) is 1. The highest BCUT2D eigenvalue weighted by Crippen LogP contribution is 2.35. The van der Waals surface area contributed by atoms with Crippen molar-refractivity contribution < 1.29 is 23.7 Å². The molecule has 0 atom stereocenters. The monoisotopic (exact) mass is 611 g/mol. The van der Waals surface area contributed by atoms with Gasteiger partial charge in [-0.1, -0.05) is 82.7 Å². The Labute approximate surface area is 245 Å². The van der Waals surface area contributed by atoms with Gasteiger partial charge in [-0.3, -0.25) is 9.36 Å². The second-order valence-electron chi connectivity index (χ2n) is 9.62. The SMILES string of the molecule is COC(=O)c1c(OCC(c2ccccc2)c2ccccc2)c2cc(Br)ccc2c(=O)n1Cc1ccc2c(c1)OCO2. The molecule has 5 aromatic rings. The van der Waals surface area contributed by atoms with Crippen molar-refractivity contribution in [2.45, 2.75) is 12.5 Å². The quantitative estimate of drug-likeness (QED) is 0.185. The van der Waals surface area contributed by atoms with Crippen LogP contribution in [-0.2, 0) is 11.3 Å². The summed E-state index contributed by atoms with van der Waals surface area (Å²) >= 11 is 3.52. The molecule has 8 heteroatoms. The van der Waals surface area contributed by atoms with Crippen LogP contribution in [-0.4, -0.2) is 31.0 Å². The van der Waals surface area contributed by atoms with Crippen LogP contribution in [0.5, 0.6) is 17.2 Å². The molecule has 6 rings (SSSR count). The van der Waals surface area contributed by atoms with Crippen LogP contribution in [0, 0.1) is 0 Å². The number of ether oxygens (including phenoxy) is 4. The maximum absolute atomic E-state index is 13.9. The second-order valence-corrected chi connectivity index (χ2v) is 10.5. The average Bonchev–Trinajstić information content (AvgIpc) is 3.48. The Hall–Kier alpha value is -4.56. The lowest BCUT2D eigenvalue weighted by atomic mass is 9.92. The molecular formula is C33H26BrNO6. The van der Waals surface area contributed by atoms with Gasteiger partial charge >= 0.3 is 5.97 Å². The van der Waals surface area contributed by atoms with Crippen molar-refractivity contribution in [3.8, 4) is 17.2 Å². The predicted octanol–water partition coefficient (Wildman–Crippen LogP) is 6.54. The minimum atomic E-state index is -0.671. The molecule has 1 aromatic heterocycles. The fraction of sp³-hybridized carbons (Fsp3) is 0.152. The zero-order valence-electron chi connectivity index (χ0n) is 22.2. The summed E-state index contributed by atoms with van der Waals surface area (Å²) in [4.78, 5) is 27.3. The molecule has 0 fully saturated rings. The van der Waals surface area contributed by atoms with Crippen LogP contribution in [0.25, 0.3) is 10.8 Å². The lowest BCUT2D eigenvalue weighted by Crippen LogP contribution is -2.29. The van der Waals surface area contributed by atoms with Crippen LogP contribution in [0.3, 0.4) is 0 Å². The third kappa shape index (κ3) is 5.30. The maximum atomic E-state index is 13.9. The molecule has 0 saturated carbocycles. The molecule has 7 nitrogen and oxygen atoms in total. The van der Waals surface area contributed by atoms with E-state index in [1.165, 1.54) is 11.7 Å². The number of fused-ring (bicyclic) bond motifs is 2. The first-order chi connectivity index (χ1) is 20.0. The number of benzene rings is 4. The number of rotatable bonds is 8. The number of methoxy groups -OCH3 is 1. The number of halogens is 1. The highest BCUT2D eigenvalue weighted by molar-refractivity contribution is 9.10. The topological polar surface area (TPSA) is 76.0 Å². The smallest absolute Gasteiger partial charge is 0.358 e. The van der Waals surface area contributed by atoms with E-state index in [-0.39, 0.29) is 42.9 Å². The van der Waals surface area contributed by atoms with E-state index < -0.39 is 5.97 Å². The molecule has 0 unspecified atom stereocenters. The highest BCUT2D eigenvalue weighted by Gasteiger charge is 2.27. The maximum Gasteiger partial charge on any atom is 0.358 e. The summed E-state index contributed by atoms with van der Waals surface area (Å²) in [6, 6.07) is 30.9. The minimum Gasteiger partial charge on any atom is -0.489 e. The summed E-state index contributed by atoms with van der Waals surface area (Å²) in [5, 5.41) is 0.944. The van der Waals surface area contributed by atoms with Crippen LogP contribution >= 0.6 is 15.9 Å². The van der Waals surface area contributed by atoms with E-state index in [1.807, 2.05) is 48.5 Å². The van der Waals surface area contributed by atoms with E-state index in [0.29, 0.717) is 22.3 Å². The van der Waals surface area contributed by atoms with E-state index >= 15 is 0 Å². The highest BCUT2D eigenvalue weighted by atomic mass is 79.9. The van der Waals surface area contributed by atoms with Crippen LogP contribution in [0.15, 0.2) is 106 Å². The molecule has 0 radical (unpaired) electrons. The fourth-order valence-electron chi connectivity index (χ4n) is 5.13. The van der Waals surface area contributed by atoms with Crippen LogP contribution in [0.1, 0.15) is 33.1 Å². The van der Waals surface area contributed by atoms with Crippen molar-refractivity contribution in [3.63, 3.8) is 0 Å². The summed E-state index contributed by atoms with van der Waals surface area (Å²) < 4.78 is 24.9. The molecule has 41 heavy (non-hydrogen) atoms. The molecule has 0 spiro atoms. The Morgan fingerprint density at radius 1 is 0.878 bits per heavy atom. The van der Waals surface area contributed by atoms with E-state index in [9.17, 15) is 9.59 Å². The minimum absolute atomic E-state index is 0.0423. The van der Waals surface area contributed by atoms with Gasteiger partial charge in [-0.05, 0) is 47.0 Å². The van der Waals surface area contributed by atoms with E-state index in [0.717, 1.165) is 21.2 Å². The predicted molar refractivity (Wildman–Crippen MR) is 159 cm³/mol. The molecular weight excluding hydrogens is 586 g/mol. The lowest BCUT2D eigenvalue weighted by molar-refractivity contribution is 0.0582. The summed E-state index contributed by atoms with van der Waals surface area (Å²) in [6.45, 7) is 0.462. The Kier molecular flexibility index (Phi) is 7.48. The normalized spacial score (nSPS) is 12.1. The Bertz CT molecular complexity index is 1750. The zero-order valence-corrected chi connectivity index (χ0v) is 23.8. The van der Waals surface area contributed by atoms with Gasteiger partial charge in [0.1, 0.15) is 0 Å².